The summed E-state index contributed by atoms with van der Waals surface area (Å²) in [5.74, 6) is -0.114. The number of nitriles is 1. The maximum atomic E-state index is 11.6. The zero-order valence-electron chi connectivity index (χ0n) is 17.8. The third-order valence-corrected chi connectivity index (χ3v) is 3.92. The predicted octanol–water partition coefficient (Wildman–Crippen LogP) is 3.54. The molecule has 2 aromatic carbocycles. The van der Waals surface area contributed by atoms with Gasteiger partial charge >= 0.3 is 12.1 Å². The smallest absolute Gasteiger partial charge is 0.407 e. The molecule has 1 atom stereocenters. The van der Waals surface area contributed by atoms with Crippen molar-refractivity contribution < 1.29 is 28.9 Å². The first-order valence-electron chi connectivity index (χ1n) is 9.74. The molecule has 8 heteroatoms. The van der Waals surface area contributed by atoms with E-state index in [1.54, 1.807) is 69.3 Å². The molecule has 0 aromatic heterocycles. The van der Waals surface area contributed by atoms with Crippen LogP contribution < -0.4 is 14.8 Å². The molecule has 0 fully saturated rings. The summed E-state index contributed by atoms with van der Waals surface area (Å²) in [6.07, 6.45) is -1.42. The molecule has 164 valence electrons. The molecule has 2 aromatic rings. The molecular formula is C23H26N2O6. The van der Waals surface area contributed by atoms with Crippen molar-refractivity contribution in [2.75, 3.05) is 13.2 Å². The number of carboxylic acids is 1. The Balaban J connectivity index is 1.83. The lowest BCUT2D eigenvalue weighted by Crippen LogP contribution is -2.34. The fourth-order valence-corrected chi connectivity index (χ4v) is 2.52. The SMILES string of the molecule is CC(C)(C)OC(=O)NCCOc1ccc(CC(Oc2ccc(C#N)cc2)C(=O)O)cc1. The van der Waals surface area contributed by atoms with E-state index < -0.39 is 23.8 Å². The van der Waals surface area contributed by atoms with Gasteiger partial charge < -0.3 is 24.6 Å². The number of ether oxygens (including phenoxy) is 3. The molecule has 0 aliphatic carbocycles. The summed E-state index contributed by atoms with van der Waals surface area (Å²) in [5, 5.41) is 20.9. The molecule has 2 N–H and O–H groups in total. The minimum absolute atomic E-state index is 0.163. The van der Waals surface area contributed by atoms with Crippen molar-refractivity contribution in [1.29, 1.82) is 5.26 Å². The monoisotopic (exact) mass is 426 g/mol. The topological polar surface area (TPSA) is 118 Å². The molecule has 31 heavy (non-hydrogen) atoms. The lowest BCUT2D eigenvalue weighted by molar-refractivity contribution is -0.145. The Hall–Kier alpha value is -3.73. The number of benzene rings is 2. The van der Waals surface area contributed by atoms with Gasteiger partial charge in [-0.3, -0.25) is 0 Å². The zero-order chi connectivity index (χ0) is 22.9. The largest absolute Gasteiger partial charge is 0.492 e. The Morgan fingerprint density at radius 2 is 1.68 bits per heavy atom. The van der Waals surface area contributed by atoms with Crippen molar-refractivity contribution in [3.8, 4) is 17.6 Å². The zero-order valence-corrected chi connectivity index (χ0v) is 17.8. The highest BCUT2D eigenvalue weighted by Gasteiger charge is 2.20. The predicted molar refractivity (Wildman–Crippen MR) is 113 cm³/mol. The lowest BCUT2D eigenvalue weighted by atomic mass is 10.1. The third kappa shape index (κ3) is 8.66. The second-order valence-electron chi connectivity index (χ2n) is 7.71. The molecule has 8 nitrogen and oxygen atoms in total. The highest BCUT2D eigenvalue weighted by molar-refractivity contribution is 5.73. The van der Waals surface area contributed by atoms with Crippen molar-refractivity contribution in [2.24, 2.45) is 0 Å². The average molecular weight is 426 g/mol. The lowest BCUT2D eigenvalue weighted by Gasteiger charge is -2.19. The average Bonchev–Trinajstić information content (AvgIpc) is 2.71. The fourth-order valence-electron chi connectivity index (χ4n) is 2.52. The summed E-state index contributed by atoms with van der Waals surface area (Å²) < 4.78 is 16.3. The highest BCUT2D eigenvalue weighted by Crippen LogP contribution is 2.18. The van der Waals surface area contributed by atoms with Gasteiger partial charge in [-0.05, 0) is 62.7 Å². The minimum atomic E-state index is -1.09. The first kappa shape index (κ1) is 23.5. The summed E-state index contributed by atoms with van der Waals surface area (Å²) in [4.78, 5) is 23.1. The molecule has 2 rings (SSSR count). The van der Waals surface area contributed by atoms with Gasteiger partial charge in [-0.2, -0.15) is 5.26 Å². The standard InChI is InChI=1S/C23H26N2O6/c1-23(2,3)31-22(28)25-12-13-29-18-8-4-16(5-9-18)14-20(21(26)27)30-19-10-6-17(15-24)7-11-19/h4-11,20H,12-14H2,1-3H3,(H,25,28)(H,26,27). The highest BCUT2D eigenvalue weighted by atomic mass is 16.6. The van der Waals surface area contributed by atoms with E-state index in [0.717, 1.165) is 5.56 Å². The van der Waals surface area contributed by atoms with Crippen molar-refractivity contribution >= 4 is 12.1 Å². The molecule has 0 saturated heterocycles. The maximum Gasteiger partial charge on any atom is 0.407 e. The quantitative estimate of drug-likeness (QED) is 0.589. The molecule has 0 heterocycles. The Bertz CT molecular complexity index is 911. The van der Waals surface area contributed by atoms with Gasteiger partial charge in [-0.25, -0.2) is 9.59 Å². The number of carbonyl (C=O) groups excluding carboxylic acids is 1. The summed E-state index contributed by atoms with van der Waals surface area (Å²) in [7, 11) is 0. The van der Waals surface area contributed by atoms with Gasteiger partial charge in [0.25, 0.3) is 0 Å². The van der Waals surface area contributed by atoms with Crippen LogP contribution in [-0.2, 0) is 16.0 Å². The van der Waals surface area contributed by atoms with Crippen LogP contribution in [-0.4, -0.2) is 42.0 Å². The van der Waals surface area contributed by atoms with E-state index in [1.165, 1.54) is 0 Å². The third-order valence-electron chi connectivity index (χ3n) is 3.92. The van der Waals surface area contributed by atoms with Crippen LogP contribution in [0.25, 0.3) is 0 Å². The molecule has 0 spiro atoms. The van der Waals surface area contributed by atoms with Gasteiger partial charge in [0.1, 0.15) is 23.7 Å². The molecule has 0 aliphatic rings. The number of hydrogen-bond donors (Lipinski definition) is 2. The van der Waals surface area contributed by atoms with E-state index in [-0.39, 0.29) is 19.6 Å². The van der Waals surface area contributed by atoms with E-state index in [4.69, 9.17) is 19.5 Å². The van der Waals surface area contributed by atoms with Crippen molar-refractivity contribution in [2.45, 2.75) is 38.9 Å². The Labute approximate surface area is 181 Å². The summed E-state index contributed by atoms with van der Waals surface area (Å²) in [6, 6.07) is 15.2. The van der Waals surface area contributed by atoms with E-state index in [2.05, 4.69) is 5.32 Å². The van der Waals surface area contributed by atoms with Crippen LogP contribution in [0.5, 0.6) is 11.5 Å². The molecule has 0 saturated carbocycles. The van der Waals surface area contributed by atoms with E-state index in [1.807, 2.05) is 6.07 Å². The Kier molecular flexibility index (Phi) is 8.26. The molecule has 0 bridgehead atoms. The maximum absolute atomic E-state index is 11.6. The van der Waals surface area contributed by atoms with Gasteiger partial charge in [-0.15, -0.1) is 0 Å². The molecule has 1 unspecified atom stereocenters. The number of carbonyl (C=O) groups is 2. The normalized spacial score (nSPS) is 11.7. The second-order valence-corrected chi connectivity index (χ2v) is 7.71. The number of carboxylic acid groups (broad SMARTS) is 1. The number of aliphatic carboxylic acids is 1. The van der Waals surface area contributed by atoms with Crippen molar-refractivity contribution in [3.63, 3.8) is 0 Å². The first-order chi connectivity index (χ1) is 14.7. The van der Waals surface area contributed by atoms with E-state index in [0.29, 0.717) is 17.1 Å². The summed E-state index contributed by atoms with van der Waals surface area (Å²) in [6.45, 7) is 5.91. The minimum Gasteiger partial charge on any atom is -0.492 e. The van der Waals surface area contributed by atoms with Gasteiger partial charge in [0.2, 0.25) is 0 Å². The fraction of sp³-hybridized carbons (Fsp3) is 0.348. The number of nitrogens with one attached hydrogen (secondary N) is 1. The molecular weight excluding hydrogens is 400 g/mol. The van der Waals surface area contributed by atoms with Crippen LogP contribution in [0.3, 0.4) is 0 Å². The van der Waals surface area contributed by atoms with Gasteiger partial charge in [0, 0.05) is 6.42 Å². The van der Waals surface area contributed by atoms with Crippen LogP contribution in [0, 0.1) is 11.3 Å². The van der Waals surface area contributed by atoms with Crippen LogP contribution >= 0.6 is 0 Å². The molecule has 0 radical (unpaired) electrons. The number of amides is 1. The first-order valence-corrected chi connectivity index (χ1v) is 9.74. The molecule has 0 aliphatic heterocycles. The summed E-state index contributed by atoms with van der Waals surface area (Å²) >= 11 is 0. The number of hydrogen-bond acceptors (Lipinski definition) is 6. The van der Waals surface area contributed by atoms with Crippen molar-refractivity contribution in [1.82, 2.24) is 5.32 Å². The number of nitrogens with zero attached hydrogens (tertiary/aromatic N) is 1. The number of alkyl carbamates (subject to hydrolysis) is 1. The van der Waals surface area contributed by atoms with E-state index in [9.17, 15) is 14.7 Å². The second kappa shape index (κ2) is 10.9. The summed E-state index contributed by atoms with van der Waals surface area (Å²) in [5.41, 5.74) is 0.676. The molecule has 1 amide bonds. The van der Waals surface area contributed by atoms with Crippen LogP contribution in [0.1, 0.15) is 31.9 Å². The van der Waals surface area contributed by atoms with Gasteiger partial charge in [0.15, 0.2) is 6.10 Å². The Morgan fingerprint density at radius 3 is 2.23 bits per heavy atom. The van der Waals surface area contributed by atoms with Crippen LogP contribution in [0.4, 0.5) is 4.79 Å². The van der Waals surface area contributed by atoms with Gasteiger partial charge in [-0.1, -0.05) is 12.1 Å². The van der Waals surface area contributed by atoms with Crippen LogP contribution in [0.2, 0.25) is 0 Å². The number of rotatable bonds is 9. The van der Waals surface area contributed by atoms with Gasteiger partial charge in [0.05, 0.1) is 18.2 Å². The Morgan fingerprint density at radius 1 is 1.06 bits per heavy atom. The van der Waals surface area contributed by atoms with Crippen molar-refractivity contribution in [3.05, 3.63) is 59.7 Å². The van der Waals surface area contributed by atoms with Crippen LogP contribution in [0.15, 0.2) is 48.5 Å². The van der Waals surface area contributed by atoms with E-state index >= 15 is 0 Å².